The Kier molecular flexibility index (Phi) is 4.42. The van der Waals surface area contributed by atoms with Crippen molar-refractivity contribution < 1.29 is 0 Å². The first-order valence-electron chi connectivity index (χ1n) is 6.78. The summed E-state index contributed by atoms with van der Waals surface area (Å²) in [5, 5.41) is 0. The molecule has 1 fully saturated rings. The molecule has 0 heterocycles. The average molecular weight is 226 g/mol. The predicted molar refractivity (Wildman–Crippen MR) is 71.5 cm³/mol. The Balaban J connectivity index is 2.78. The Morgan fingerprint density at radius 2 is 1.81 bits per heavy atom. The first kappa shape index (κ1) is 14.0. The van der Waals surface area contributed by atoms with Gasteiger partial charge < -0.3 is 5.73 Å². The second kappa shape index (κ2) is 5.05. The Morgan fingerprint density at radius 3 is 2.25 bits per heavy atom. The van der Waals surface area contributed by atoms with Gasteiger partial charge >= 0.3 is 0 Å². The summed E-state index contributed by atoms with van der Waals surface area (Å²) in [6, 6.07) is 0.890. The van der Waals surface area contributed by atoms with Crippen molar-refractivity contribution in [3.8, 4) is 0 Å². The van der Waals surface area contributed by atoms with E-state index in [1.54, 1.807) is 0 Å². The van der Waals surface area contributed by atoms with Crippen LogP contribution >= 0.6 is 0 Å². The summed E-state index contributed by atoms with van der Waals surface area (Å²) < 4.78 is 0. The van der Waals surface area contributed by atoms with Gasteiger partial charge in [-0.1, -0.05) is 20.8 Å². The van der Waals surface area contributed by atoms with Crippen LogP contribution in [0.4, 0.5) is 0 Å². The van der Waals surface area contributed by atoms with Crippen LogP contribution in [0.1, 0.15) is 53.9 Å². The molecule has 1 aliphatic rings. The minimum absolute atomic E-state index is 0.261. The van der Waals surface area contributed by atoms with Gasteiger partial charge in [0.1, 0.15) is 0 Å². The second-order valence-corrected chi connectivity index (χ2v) is 6.49. The lowest BCUT2D eigenvalue weighted by Gasteiger charge is -2.49. The molecule has 0 spiro atoms. The van der Waals surface area contributed by atoms with Gasteiger partial charge in [-0.25, -0.2) is 0 Å². The van der Waals surface area contributed by atoms with Gasteiger partial charge in [0, 0.05) is 17.6 Å². The first-order chi connectivity index (χ1) is 7.29. The Labute approximate surface area is 102 Å². The smallest absolute Gasteiger partial charge is 0.0275 e. The average Bonchev–Trinajstić information content (AvgIpc) is 2.15. The lowest BCUT2D eigenvalue weighted by molar-refractivity contribution is 0.0224. The van der Waals surface area contributed by atoms with Crippen LogP contribution in [-0.4, -0.2) is 29.6 Å². The van der Waals surface area contributed by atoms with Crippen molar-refractivity contribution in [2.45, 2.75) is 71.5 Å². The zero-order valence-corrected chi connectivity index (χ0v) is 12.0. The van der Waals surface area contributed by atoms with Crippen molar-refractivity contribution in [1.29, 1.82) is 0 Å². The maximum Gasteiger partial charge on any atom is 0.0275 e. The maximum absolute atomic E-state index is 6.37. The van der Waals surface area contributed by atoms with E-state index < -0.39 is 0 Å². The SMILES string of the molecule is CCC(C)(C)N(C)C1C(C)CC(C)CC1N. The molecule has 4 unspecified atom stereocenters. The zero-order chi connectivity index (χ0) is 12.5. The summed E-state index contributed by atoms with van der Waals surface area (Å²) in [4.78, 5) is 2.52. The van der Waals surface area contributed by atoms with Gasteiger partial charge in [0.15, 0.2) is 0 Å². The van der Waals surface area contributed by atoms with E-state index >= 15 is 0 Å². The molecule has 16 heavy (non-hydrogen) atoms. The molecule has 4 atom stereocenters. The molecule has 96 valence electrons. The summed E-state index contributed by atoms with van der Waals surface area (Å²) in [6.45, 7) is 11.6. The minimum Gasteiger partial charge on any atom is -0.326 e. The maximum atomic E-state index is 6.37. The van der Waals surface area contributed by atoms with E-state index in [-0.39, 0.29) is 5.54 Å². The standard InChI is InChI=1S/C14H30N2/c1-7-14(4,5)16(6)13-11(3)8-10(2)9-12(13)15/h10-13H,7-9,15H2,1-6H3. The molecule has 0 bridgehead atoms. The fourth-order valence-corrected chi connectivity index (χ4v) is 3.22. The second-order valence-electron chi connectivity index (χ2n) is 6.49. The highest BCUT2D eigenvalue weighted by Crippen LogP contribution is 2.34. The topological polar surface area (TPSA) is 29.3 Å². The zero-order valence-electron chi connectivity index (χ0n) is 12.0. The minimum atomic E-state index is 0.261. The summed E-state index contributed by atoms with van der Waals surface area (Å²) in [5.41, 5.74) is 6.63. The van der Waals surface area contributed by atoms with E-state index in [0.29, 0.717) is 12.1 Å². The number of hydrogen-bond donors (Lipinski definition) is 1. The summed E-state index contributed by atoms with van der Waals surface area (Å²) in [5.74, 6) is 1.51. The number of hydrogen-bond acceptors (Lipinski definition) is 2. The highest BCUT2D eigenvalue weighted by atomic mass is 15.2. The molecular formula is C14H30N2. The van der Waals surface area contributed by atoms with Crippen molar-refractivity contribution in [1.82, 2.24) is 4.90 Å². The van der Waals surface area contributed by atoms with E-state index in [4.69, 9.17) is 5.73 Å². The molecule has 0 aliphatic heterocycles. The fraction of sp³-hybridized carbons (Fsp3) is 1.00. The quantitative estimate of drug-likeness (QED) is 0.802. The van der Waals surface area contributed by atoms with Gasteiger partial charge in [-0.15, -0.1) is 0 Å². The largest absolute Gasteiger partial charge is 0.326 e. The third-order valence-electron chi connectivity index (χ3n) is 4.74. The summed E-state index contributed by atoms with van der Waals surface area (Å²) >= 11 is 0. The molecule has 2 nitrogen and oxygen atoms in total. The normalized spacial score (nSPS) is 36.8. The van der Waals surface area contributed by atoms with E-state index in [9.17, 15) is 0 Å². The predicted octanol–water partition coefficient (Wildman–Crippen LogP) is 2.87. The van der Waals surface area contributed by atoms with Crippen LogP contribution in [-0.2, 0) is 0 Å². The molecule has 2 N–H and O–H groups in total. The van der Waals surface area contributed by atoms with Crippen molar-refractivity contribution in [2.75, 3.05) is 7.05 Å². The molecule has 0 aromatic rings. The number of nitrogens with two attached hydrogens (primary N) is 1. The molecule has 0 radical (unpaired) electrons. The Hall–Kier alpha value is -0.0800. The molecule has 1 saturated carbocycles. The van der Waals surface area contributed by atoms with Crippen LogP contribution < -0.4 is 5.73 Å². The molecular weight excluding hydrogens is 196 g/mol. The molecule has 2 heteroatoms. The third-order valence-corrected chi connectivity index (χ3v) is 4.74. The lowest BCUT2D eigenvalue weighted by Crippen LogP contribution is -2.59. The fourth-order valence-electron chi connectivity index (χ4n) is 3.22. The first-order valence-corrected chi connectivity index (χ1v) is 6.78. The van der Waals surface area contributed by atoms with Gasteiger partial charge in [-0.3, -0.25) is 4.90 Å². The van der Waals surface area contributed by atoms with Crippen LogP contribution in [0.5, 0.6) is 0 Å². The summed E-state index contributed by atoms with van der Waals surface area (Å²) in [7, 11) is 2.25. The van der Waals surface area contributed by atoms with E-state index in [2.05, 4.69) is 46.6 Å². The van der Waals surface area contributed by atoms with Crippen LogP contribution in [0.2, 0.25) is 0 Å². The van der Waals surface area contributed by atoms with E-state index in [1.807, 2.05) is 0 Å². The van der Waals surface area contributed by atoms with Crippen LogP contribution in [0.25, 0.3) is 0 Å². The van der Waals surface area contributed by atoms with Crippen LogP contribution in [0.15, 0.2) is 0 Å². The number of rotatable bonds is 3. The molecule has 1 rings (SSSR count). The molecule has 0 saturated heterocycles. The van der Waals surface area contributed by atoms with Crippen molar-refractivity contribution in [3.05, 3.63) is 0 Å². The Bertz CT molecular complexity index is 213. The molecule has 0 aromatic carbocycles. The van der Waals surface area contributed by atoms with Crippen molar-refractivity contribution in [3.63, 3.8) is 0 Å². The number of likely N-dealkylation sites (N-methyl/N-ethyl adjacent to an activating group) is 1. The molecule has 1 aliphatic carbocycles. The van der Waals surface area contributed by atoms with Crippen molar-refractivity contribution in [2.24, 2.45) is 17.6 Å². The highest BCUT2D eigenvalue weighted by molar-refractivity contribution is 4.95. The van der Waals surface area contributed by atoms with Gasteiger partial charge in [0.05, 0.1) is 0 Å². The van der Waals surface area contributed by atoms with E-state index in [0.717, 1.165) is 11.8 Å². The molecule has 0 aromatic heterocycles. The third kappa shape index (κ3) is 2.78. The van der Waals surface area contributed by atoms with Gasteiger partial charge in [0.25, 0.3) is 0 Å². The number of nitrogens with zero attached hydrogens (tertiary/aromatic N) is 1. The van der Waals surface area contributed by atoms with Gasteiger partial charge in [-0.05, 0) is 52.0 Å². The van der Waals surface area contributed by atoms with Gasteiger partial charge in [0.2, 0.25) is 0 Å². The van der Waals surface area contributed by atoms with Crippen LogP contribution in [0.3, 0.4) is 0 Å². The summed E-state index contributed by atoms with van der Waals surface area (Å²) in [6.07, 6.45) is 3.68. The van der Waals surface area contributed by atoms with Gasteiger partial charge in [-0.2, -0.15) is 0 Å². The van der Waals surface area contributed by atoms with E-state index in [1.165, 1.54) is 19.3 Å². The monoisotopic (exact) mass is 226 g/mol. The van der Waals surface area contributed by atoms with Crippen LogP contribution in [0, 0.1) is 11.8 Å². The van der Waals surface area contributed by atoms with Crippen molar-refractivity contribution >= 4 is 0 Å². The lowest BCUT2D eigenvalue weighted by atomic mass is 9.75. The Morgan fingerprint density at radius 1 is 1.25 bits per heavy atom. The molecule has 0 amide bonds. The highest BCUT2D eigenvalue weighted by Gasteiger charge is 2.38.